The number of hydrogen-bond donors (Lipinski definition) is 2. The van der Waals surface area contributed by atoms with Crippen LogP contribution >= 0.6 is 0 Å². The van der Waals surface area contributed by atoms with Crippen LogP contribution in [-0.4, -0.2) is 30.7 Å². The largest absolute Gasteiger partial charge is 0.317 e. The molecule has 0 bridgehead atoms. The highest BCUT2D eigenvalue weighted by molar-refractivity contribution is 5.47. The zero-order valence-electron chi connectivity index (χ0n) is 9.52. The van der Waals surface area contributed by atoms with Gasteiger partial charge in [-0.05, 0) is 43.6 Å². The molecule has 86 valence electrons. The van der Waals surface area contributed by atoms with Gasteiger partial charge in [0.15, 0.2) is 0 Å². The van der Waals surface area contributed by atoms with E-state index in [1.165, 1.54) is 18.4 Å². The summed E-state index contributed by atoms with van der Waals surface area (Å²) in [5.41, 5.74) is 1.21. The molecule has 0 saturated carbocycles. The van der Waals surface area contributed by atoms with Gasteiger partial charge in [0.2, 0.25) is 0 Å². The lowest BCUT2D eigenvalue weighted by Crippen LogP contribution is -2.39. The maximum atomic E-state index is 3.99. The first-order valence-electron chi connectivity index (χ1n) is 5.96. The normalized spacial score (nSPS) is 18.0. The minimum atomic E-state index is 0.684. The molecule has 3 heteroatoms. The fraction of sp³-hybridized carbons (Fsp3) is 0.462. The highest BCUT2D eigenvalue weighted by atomic mass is 15.0. The van der Waals surface area contributed by atoms with Gasteiger partial charge in [-0.25, -0.2) is 0 Å². The number of nitrogens with zero attached hydrogens (tertiary/aromatic N) is 1. The molecule has 2 heterocycles. The van der Waals surface area contributed by atoms with E-state index in [0.29, 0.717) is 6.04 Å². The van der Waals surface area contributed by atoms with Gasteiger partial charge in [0.05, 0.1) is 0 Å². The first kappa shape index (κ1) is 11.3. The van der Waals surface area contributed by atoms with Crippen molar-refractivity contribution in [3.05, 3.63) is 36.2 Å². The molecule has 0 amide bonds. The van der Waals surface area contributed by atoms with Crippen LogP contribution in [0.2, 0.25) is 0 Å². The van der Waals surface area contributed by atoms with E-state index in [1.54, 1.807) is 0 Å². The Morgan fingerprint density at radius 2 is 2.06 bits per heavy atom. The van der Waals surface area contributed by atoms with Crippen LogP contribution in [0, 0.1) is 0 Å². The summed E-state index contributed by atoms with van der Waals surface area (Å²) in [5, 5.41) is 6.92. The molecule has 0 aliphatic carbocycles. The van der Waals surface area contributed by atoms with Gasteiger partial charge in [-0.2, -0.15) is 0 Å². The Morgan fingerprint density at radius 3 is 2.81 bits per heavy atom. The zero-order chi connectivity index (χ0) is 11.1. The first-order chi connectivity index (χ1) is 7.95. The third-order valence-electron chi connectivity index (χ3n) is 2.88. The number of hydrogen-bond acceptors (Lipinski definition) is 3. The predicted octanol–water partition coefficient (Wildman–Crippen LogP) is 1.44. The molecule has 0 atom stereocenters. The van der Waals surface area contributed by atoms with Gasteiger partial charge in [-0.15, -0.1) is 0 Å². The molecule has 1 aliphatic heterocycles. The van der Waals surface area contributed by atoms with Crippen LogP contribution in [0.4, 0.5) is 0 Å². The molecule has 16 heavy (non-hydrogen) atoms. The smallest absolute Gasteiger partial charge is 0.0273 e. The minimum Gasteiger partial charge on any atom is -0.317 e. The Hall–Kier alpha value is -1.19. The summed E-state index contributed by atoms with van der Waals surface area (Å²) in [6, 6.07) is 4.71. The van der Waals surface area contributed by atoms with E-state index in [2.05, 4.69) is 27.8 Å². The van der Waals surface area contributed by atoms with Crippen molar-refractivity contribution >= 4 is 6.08 Å². The van der Waals surface area contributed by atoms with E-state index in [9.17, 15) is 0 Å². The Bertz CT molecular complexity index is 315. The van der Waals surface area contributed by atoms with Crippen molar-refractivity contribution < 1.29 is 0 Å². The molecule has 3 nitrogen and oxygen atoms in total. The lowest BCUT2D eigenvalue weighted by molar-refractivity contribution is 0.400. The van der Waals surface area contributed by atoms with Crippen molar-refractivity contribution in [2.45, 2.75) is 18.9 Å². The van der Waals surface area contributed by atoms with Crippen molar-refractivity contribution in [1.82, 2.24) is 15.6 Å². The van der Waals surface area contributed by atoms with E-state index >= 15 is 0 Å². The van der Waals surface area contributed by atoms with Crippen LogP contribution < -0.4 is 10.6 Å². The van der Waals surface area contributed by atoms with Crippen molar-refractivity contribution in [3.63, 3.8) is 0 Å². The van der Waals surface area contributed by atoms with Gasteiger partial charge in [0.1, 0.15) is 0 Å². The third-order valence-corrected chi connectivity index (χ3v) is 2.88. The zero-order valence-corrected chi connectivity index (χ0v) is 9.52. The van der Waals surface area contributed by atoms with Gasteiger partial charge in [0.25, 0.3) is 0 Å². The molecule has 0 aromatic carbocycles. The number of pyridine rings is 1. The van der Waals surface area contributed by atoms with Crippen molar-refractivity contribution in [2.75, 3.05) is 19.6 Å². The molecule has 2 N–H and O–H groups in total. The van der Waals surface area contributed by atoms with Crippen LogP contribution in [0.1, 0.15) is 18.4 Å². The van der Waals surface area contributed by atoms with Crippen LogP contribution in [0.5, 0.6) is 0 Å². The number of aromatic nitrogens is 1. The second-order valence-corrected chi connectivity index (χ2v) is 4.12. The monoisotopic (exact) mass is 217 g/mol. The summed E-state index contributed by atoms with van der Waals surface area (Å²) in [7, 11) is 0. The molecule has 1 aromatic rings. The standard InChI is InChI=1S/C13H19N3/c1(2-12-3-8-14-9-4-12)7-16-13-5-10-15-11-6-13/h1-4,8-9,13,15-16H,5-7,10-11H2. The van der Waals surface area contributed by atoms with Crippen LogP contribution in [0.25, 0.3) is 6.08 Å². The van der Waals surface area contributed by atoms with Gasteiger partial charge in [0, 0.05) is 25.0 Å². The topological polar surface area (TPSA) is 37.0 Å². The molecule has 1 aliphatic rings. The van der Waals surface area contributed by atoms with Crippen molar-refractivity contribution in [3.8, 4) is 0 Å². The summed E-state index contributed by atoms with van der Waals surface area (Å²) < 4.78 is 0. The van der Waals surface area contributed by atoms with E-state index in [0.717, 1.165) is 19.6 Å². The molecule has 1 saturated heterocycles. The fourth-order valence-corrected chi connectivity index (χ4v) is 1.93. The minimum absolute atomic E-state index is 0.684. The Labute approximate surface area is 97.0 Å². The van der Waals surface area contributed by atoms with Gasteiger partial charge in [-0.1, -0.05) is 12.2 Å². The summed E-state index contributed by atoms with van der Waals surface area (Å²) in [4.78, 5) is 3.99. The summed E-state index contributed by atoms with van der Waals surface area (Å²) in [6.07, 6.45) is 10.4. The highest BCUT2D eigenvalue weighted by Crippen LogP contribution is 2.02. The highest BCUT2D eigenvalue weighted by Gasteiger charge is 2.10. The second kappa shape index (κ2) is 6.40. The fourth-order valence-electron chi connectivity index (χ4n) is 1.93. The molecule has 0 unspecified atom stereocenters. The van der Waals surface area contributed by atoms with E-state index in [1.807, 2.05) is 24.5 Å². The molecular weight excluding hydrogens is 198 g/mol. The van der Waals surface area contributed by atoms with Crippen LogP contribution in [0.3, 0.4) is 0 Å². The third kappa shape index (κ3) is 3.76. The van der Waals surface area contributed by atoms with E-state index < -0.39 is 0 Å². The number of piperidine rings is 1. The SMILES string of the molecule is C(=Cc1ccncc1)CNC1CCNCC1. The summed E-state index contributed by atoms with van der Waals surface area (Å²) >= 11 is 0. The predicted molar refractivity (Wildman–Crippen MR) is 67.2 cm³/mol. The quantitative estimate of drug-likeness (QED) is 0.801. The van der Waals surface area contributed by atoms with E-state index in [4.69, 9.17) is 0 Å². The maximum absolute atomic E-state index is 3.99. The maximum Gasteiger partial charge on any atom is 0.0273 e. The summed E-state index contributed by atoms with van der Waals surface area (Å²) in [5.74, 6) is 0. The average molecular weight is 217 g/mol. The van der Waals surface area contributed by atoms with Crippen LogP contribution in [-0.2, 0) is 0 Å². The average Bonchev–Trinajstić information content (AvgIpc) is 2.37. The Kier molecular flexibility index (Phi) is 4.52. The van der Waals surface area contributed by atoms with Crippen molar-refractivity contribution in [2.24, 2.45) is 0 Å². The second-order valence-electron chi connectivity index (χ2n) is 4.12. The molecule has 1 fully saturated rings. The van der Waals surface area contributed by atoms with Gasteiger partial charge >= 0.3 is 0 Å². The molecule has 0 spiro atoms. The Balaban J connectivity index is 1.69. The van der Waals surface area contributed by atoms with Crippen molar-refractivity contribution in [1.29, 1.82) is 0 Å². The van der Waals surface area contributed by atoms with Gasteiger partial charge < -0.3 is 10.6 Å². The molecular formula is C13H19N3. The van der Waals surface area contributed by atoms with Gasteiger partial charge in [-0.3, -0.25) is 4.98 Å². The Morgan fingerprint density at radius 1 is 1.31 bits per heavy atom. The number of rotatable bonds is 4. The van der Waals surface area contributed by atoms with Crippen LogP contribution in [0.15, 0.2) is 30.6 Å². The molecule has 2 rings (SSSR count). The van der Waals surface area contributed by atoms with E-state index in [-0.39, 0.29) is 0 Å². The first-order valence-corrected chi connectivity index (χ1v) is 5.96. The summed E-state index contributed by atoms with van der Waals surface area (Å²) in [6.45, 7) is 3.24. The lowest BCUT2D eigenvalue weighted by Gasteiger charge is -2.23. The molecule has 0 radical (unpaired) electrons. The number of nitrogens with one attached hydrogen (secondary N) is 2. The lowest BCUT2D eigenvalue weighted by atomic mass is 10.1. The molecule has 1 aromatic heterocycles.